The first-order valence-electron chi connectivity index (χ1n) is 15.0. The van der Waals surface area contributed by atoms with Crippen molar-refractivity contribution >= 4 is 23.9 Å². The number of allylic oxidation sites excluding steroid dienone is 1. The fourth-order valence-electron chi connectivity index (χ4n) is 5.04. The van der Waals surface area contributed by atoms with E-state index in [-0.39, 0.29) is 41.6 Å². The van der Waals surface area contributed by atoms with Crippen LogP contribution in [0.2, 0.25) is 0 Å². The third kappa shape index (κ3) is 12.9. The molecule has 2 aliphatic carbocycles. The molecule has 230 valence electrons. The lowest BCUT2D eigenvalue weighted by Crippen LogP contribution is -2.33. The summed E-state index contributed by atoms with van der Waals surface area (Å²) >= 11 is 0. The molecule has 8 nitrogen and oxygen atoms in total. The van der Waals surface area contributed by atoms with Crippen LogP contribution < -0.4 is 0 Å². The lowest BCUT2D eigenvalue weighted by molar-refractivity contribution is -0.162. The highest BCUT2D eigenvalue weighted by Crippen LogP contribution is 2.35. The molecule has 2 saturated carbocycles. The summed E-state index contributed by atoms with van der Waals surface area (Å²) in [5.74, 6) is -0.369. The Bertz CT molecular complexity index is 872. The molecule has 2 aliphatic rings. The Morgan fingerprint density at radius 3 is 1.55 bits per heavy atom. The maximum Gasteiger partial charge on any atom is 0.334 e. The van der Waals surface area contributed by atoms with Crippen molar-refractivity contribution in [2.75, 3.05) is 13.2 Å². The minimum Gasteiger partial charge on any atom is -0.466 e. The van der Waals surface area contributed by atoms with Crippen molar-refractivity contribution in [3.05, 3.63) is 11.1 Å². The van der Waals surface area contributed by atoms with Gasteiger partial charge in [-0.2, -0.15) is 0 Å². The molecule has 0 aliphatic heterocycles. The molecular formula is C32H54O8. The maximum absolute atomic E-state index is 12.1. The normalized spacial score (nSPS) is 22.1. The van der Waals surface area contributed by atoms with Crippen molar-refractivity contribution in [3.63, 3.8) is 0 Å². The number of hydrogen-bond acceptors (Lipinski definition) is 8. The van der Waals surface area contributed by atoms with Gasteiger partial charge < -0.3 is 18.9 Å². The Morgan fingerprint density at radius 1 is 0.725 bits per heavy atom. The first kappa shape index (κ1) is 35.6. The van der Waals surface area contributed by atoms with Crippen molar-refractivity contribution in [1.29, 1.82) is 0 Å². The molecule has 1 unspecified atom stereocenters. The molecule has 2 rings (SSSR count). The second-order valence-corrected chi connectivity index (χ2v) is 12.9. The Labute approximate surface area is 241 Å². The van der Waals surface area contributed by atoms with Gasteiger partial charge in [0.1, 0.15) is 11.2 Å². The van der Waals surface area contributed by atoms with Crippen LogP contribution in [0.15, 0.2) is 11.1 Å². The average Bonchev–Trinajstić information content (AvgIpc) is 2.86. The van der Waals surface area contributed by atoms with Crippen molar-refractivity contribution in [2.45, 2.75) is 132 Å². The van der Waals surface area contributed by atoms with Crippen molar-refractivity contribution in [1.82, 2.24) is 0 Å². The van der Waals surface area contributed by atoms with E-state index >= 15 is 0 Å². The lowest BCUT2D eigenvalue weighted by Gasteiger charge is -2.31. The SMILES string of the molecule is CCOC(=O)C1CCC(=C(C)C(=O)OC(C)(C)C)CC1.CCOC(=O)C1CCC(C(C)C(=O)OC(C)(C)C)CC1. The molecule has 0 aromatic carbocycles. The van der Waals surface area contributed by atoms with Gasteiger partial charge in [-0.15, -0.1) is 0 Å². The van der Waals surface area contributed by atoms with Crippen LogP contribution in [0.1, 0.15) is 121 Å². The summed E-state index contributed by atoms with van der Waals surface area (Å²) in [6.07, 6.45) is 6.48. The van der Waals surface area contributed by atoms with Crippen LogP contribution in [0.5, 0.6) is 0 Å². The van der Waals surface area contributed by atoms with E-state index in [4.69, 9.17) is 18.9 Å². The Kier molecular flexibility index (Phi) is 14.4. The van der Waals surface area contributed by atoms with Gasteiger partial charge in [-0.05, 0) is 120 Å². The van der Waals surface area contributed by atoms with E-state index in [0.717, 1.165) is 56.9 Å². The first-order chi connectivity index (χ1) is 18.5. The molecule has 8 heteroatoms. The highest BCUT2D eigenvalue weighted by Gasteiger charge is 2.34. The Balaban J connectivity index is 0.000000400. The van der Waals surface area contributed by atoms with Gasteiger partial charge in [-0.25, -0.2) is 4.79 Å². The predicted molar refractivity (Wildman–Crippen MR) is 154 cm³/mol. The van der Waals surface area contributed by atoms with E-state index in [2.05, 4.69) is 0 Å². The number of rotatable bonds is 7. The van der Waals surface area contributed by atoms with Gasteiger partial charge in [0.25, 0.3) is 0 Å². The first-order valence-corrected chi connectivity index (χ1v) is 15.0. The second-order valence-electron chi connectivity index (χ2n) is 12.9. The Hall–Kier alpha value is -2.38. The van der Waals surface area contributed by atoms with Gasteiger partial charge in [0.05, 0.1) is 31.0 Å². The summed E-state index contributed by atoms with van der Waals surface area (Å²) in [5.41, 5.74) is 0.899. The monoisotopic (exact) mass is 566 g/mol. The average molecular weight is 567 g/mol. The summed E-state index contributed by atoms with van der Waals surface area (Å²) in [7, 11) is 0. The van der Waals surface area contributed by atoms with Crippen LogP contribution >= 0.6 is 0 Å². The van der Waals surface area contributed by atoms with Crippen LogP contribution in [0.25, 0.3) is 0 Å². The van der Waals surface area contributed by atoms with Crippen LogP contribution in [0.3, 0.4) is 0 Å². The van der Waals surface area contributed by atoms with E-state index in [1.165, 1.54) is 0 Å². The predicted octanol–water partition coefficient (Wildman–Crippen LogP) is 6.73. The van der Waals surface area contributed by atoms with Gasteiger partial charge >= 0.3 is 23.9 Å². The molecule has 40 heavy (non-hydrogen) atoms. The topological polar surface area (TPSA) is 105 Å². The Morgan fingerprint density at radius 2 is 1.15 bits per heavy atom. The lowest BCUT2D eigenvalue weighted by atomic mass is 9.76. The molecule has 0 radical (unpaired) electrons. The van der Waals surface area contributed by atoms with Gasteiger partial charge in [-0.1, -0.05) is 12.5 Å². The molecule has 0 N–H and O–H groups in total. The van der Waals surface area contributed by atoms with Crippen LogP contribution in [0.4, 0.5) is 0 Å². The summed E-state index contributed by atoms with van der Waals surface area (Å²) in [5, 5.41) is 0. The van der Waals surface area contributed by atoms with Gasteiger partial charge in [0.15, 0.2) is 0 Å². The fourth-order valence-corrected chi connectivity index (χ4v) is 5.04. The van der Waals surface area contributed by atoms with Crippen LogP contribution in [-0.4, -0.2) is 48.3 Å². The summed E-state index contributed by atoms with van der Waals surface area (Å²) in [6, 6.07) is 0. The summed E-state index contributed by atoms with van der Waals surface area (Å²) in [6.45, 7) is 19.5. The third-order valence-corrected chi connectivity index (χ3v) is 7.32. The molecule has 2 fully saturated rings. The smallest absolute Gasteiger partial charge is 0.334 e. The molecule has 0 bridgehead atoms. The molecule has 1 atom stereocenters. The number of carbonyl (C=O) groups is 4. The highest BCUT2D eigenvalue weighted by atomic mass is 16.6. The van der Waals surface area contributed by atoms with E-state index in [0.29, 0.717) is 24.7 Å². The van der Waals surface area contributed by atoms with Crippen molar-refractivity contribution in [3.8, 4) is 0 Å². The van der Waals surface area contributed by atoms with Crippen molar-refractivity contribution in [2.24, 2.45) is 23.7 Å². The zero-order valence-electron chi connectivity index (χ0n) is 26.6. The molecule has 0 heterocycles. The molecule has 0 spiro atoms. The zero-order valence-corrected chi connectivity index (χ0v) is 26.6. The van der Waals surface area contributed by atoms with E-state index in [1.54, 1.807) is 0 Å². The quantitative estimate of drug-likeness (QED) is 0.190. The van der Waals surface area contributed by atoms with E-state index < -0.39 is 11.2 Å². The second kappa shape index (κ2) is 16.2. The number of carbonyl (C=O) groups excluding carboxylic acids is 4. The van der Waals surface area contributed by atoms with Crippen LogP contribution in [0, 0.1) is 23.7 Å². The minimum absolute atomic E-state index is 0.0111. The summed E-state index contributed by atoms with van der Waals surface area (Å²) in [4.78, 5) is 47.4. The summed E-state index contributed by atoms with van der Waals surface area (Å²) < 4.78 is 20.9. The fraction of sp³-hybridized carbons (Fsp3) is 0.812. The molecule has 0 saturated heterocycles. The molecule has 0 aromatic rings. The van der Waals surface area contributed by atoms with Gasteiger partial charge in [-0.3, -0.25) is 14.4 Å². The van der Waals surface area contributed by atoms with Gasteiger partial charge in [0.2, 0.25) is 0 Å². The van der Waals surface area contributed by atoms with E-state index in [9.17, 15) is 19.2 Å². The standard InChI is InChI=1S/C16H28O4.C16H26O4/c2*1-6-19-15(18)13-9-7-12(8-10-13)11(2)14(17)20-16(3,4)5/h11-13H,6-10H2,1-5H3;13H,6-10H2,1-5H3. The third-order valence-electron chi connectivity index (χ3n) is 7.32. The van der Waals surface area contributed by atoms with Crippen LogP contribution in [-0.2, 0) is 38.1 Å². The maximum atomic E-state index is 12.1. The van der Waals surface area contributed by atoms with Gasteiger partial charge in [0, 0.05) is 5.57 Å². The number of esters is 4. The minimum atomic E-state index is -0.471. The van der Waals surface area contributed by atoms with Crippen molar-refractivity contribution < 1.29 is 38.1 Å². The molecule has 0 aromatic heterocycles. The largest absolute Gasteiger partial charge is 0.466 e. The number of ether oxygens (including phenoxy) is 4. The highest BCUT2D eigenvalue weighted by molar-refractivity contribution is 5.89. The zero-order chi connectivity index (χ0) is 30.7. The number of hydrogen-bond donors (Lipinski definition) is 0. The molecular weight excluding hydrogens is 512 g/mol. The van der Waals surface area contributed by atoms with E-state index in [1.807, 2.05) is 69.2 Å². The molecule has 0 amide bonds.